The summed E-state index contributed by atoms with van der Waals surface area (Å²) in [5, 5.41) is 2.58. The second-order valence-corrected chi connectivity index (χ2v) is 8.80. The van der Waals surface area contributed by atoms with Crippen molar-refractivity contribution in [3.63, 3.8) is 0 Å². The number of rotatable bonds is 9. The molecule has 1 aliphatic carbocycles. The Labute approximate surface area is 198 Å². The molecule has 1 aliphatic heterocycles. The second-order valence-electron chi connectivity index (χ2n) is 8.80. The van der Waals surface area contributed by atoms with E-state index < -0.39 is 42.3 Å². The first-order valence-corrected chi connectivity index (χ1v) is 11.5. The average molecular weight is 471 g/mol. The Kier molecular flexibility index (Phi) is 8.20. The predicted molar refractivity (Wildman–Crippen MR) is 122 cm³/mol. The zero-order valence-corrected chi connectivity index (χ0v) is 19.6. The van der Waals surface area contributed by atoms with Gasteiger partial charge in [0, 0.05) is 5.69 Å². The smallest absolute Gasteiger partial charge is 0.338 e. The molecule has 2 aliphatic rings. The molecular formula is C25H30N2O7. The van der Waals surface area contributed by atoms with Crippen LogP contribution in [-0.2, 0) is 28.7 Å². The molecule has 0 radical (unpaired) electrons. The largest absolute Gasteiger partial charge is 0.462 e. The van der Waals surface area contributed by atoms with Crippen molar-refractivity contribution in [2.24, 2.45) is 17.8 Å². The lowest BCUT2D eigenvalue weighted by Crippen LogP contribution is -2.47. The van der Waals surface area contributed by atoms with Gasteiger partial charge in [0.2, 0.25) is 11.8 Å². The first-order valence-electron chi connectivity index (χ1n) is 11.5. The third-order valence-electron chi connectivity index (χ3n) is 5.85. The van der Waals surface area contributed by atoms with E-state index >= 15 is 0 Å². The Balaban J connectivity index is 1.60. The fourth-order valence-electron chi connectivity index (χ4n) is 4.22. The normalized spacial score (nSPS) is 20.2. The molecule has 34 heavy (non-hydrogen) atoms. The van der Waals surface area contributed by atoms with Crippen LogP contribution in [0.3, 0.4) is 0 Å². The molecule has 1 aromatic rings. The summed E-state index contributed by atoms with van der Waals surface area (Å²) in [5.74, 6) is -3.41. The van der Waals surface area contributed by atoms with Crippen LogP contribution in [0.15, 0.2) is 36.4 Å². The highest BCUT2D eigenvalue weighted by molar-refractivity contribution is 6.08. The first kappa shape index (κ1) is 25.1. The fraction of sp³-hybridized carbons (Fsp3) is 0.480. The van der Waals surface area contributed by atoms with Gasteiger partial charge in [-0.05, 0) is 56.4 Å². The third-order valence-corrected chi connectivity index (χ3v) is 5.85. The van der Waals surface area contributed by atoms with E-state index in [9.17, 15) is 24.0 Å². The van der Waals surface area contributed by atoms with E-state index in [4.69, 9.17) is 9.47 Å². The summed E-state index contributed by atoms with van der Waals surface area (Å²) >= 11 is 0. The molecule has 0 bridgehead atoms. The maximum absolute atomic E-state index is 12.9. The summed E-state index contributed by atoms with van der Waals surface area (Å²) in [6.07, 6.45) is 4.98. The molecule has 3 rings (SSSR count). The van der Waals surface area contributed by atoms with Crippen molar-refractivity contribution in [3.05, 3.63) is 42.0 Å². The van der Waals surface area contributed by atoms with Crippen LogP contribution in [0.2, 0.25) is 0 Å². The molecule has 1 heterocycles. The van der Waals surface area contributed by atoms with Gasteiger partial charge in [-0.3, -0.25) is 19.3 Å². The van der Waals surface area contributed by atoms with Crippen molar-refractivity contribution in [3.8, 4) is 0 Å². The average Bonchev–Trinajstić information content (AvgIpc) is 3.06. The number of anilines is 1. The molecule has 1 saturated heterocycles. The Bertz CT molecular complexity index is 957. The number of imide groups is 1. The zero-order valence-electron chi connectivity index (χ0n) is 19.6. The number of amides is 3. The number of hydrogen-bond donors (Lipinski definition) is 1. The number of esters is 2. The highest BCUT2D eigenvalue weighted by atomic mass is 16.5. The van der Waals surface area contributed by atoms with E-state index in [2.05, 4.69) is 5.32 Å². The summed E-state index contributed by atoms with van der Waals surface area (Å²) in [6, 6.07) is 5.02. The van der Waals surface area contributed by atoms with E-state index in [0.717, 1.165) is 4.90 Å². The Hall–Kier alpha value is -3.49. The molecule has 182 valence electrons. The monoisotopic (exact) mass is 470 g/mol. The molecule has 3 atom stereocenters. The third kappa shape index (κ3) is 5.70. The summed E-state index contributed by atoms with van der Waals surface area (Å²) < 4.78 is 10.1. The van der Waals surface area contributed by atoms with Crippen molar-refractivity contribution >= 4 is 35.3 Å². The minimum absolute atomic E-state index is 0.0191. The van der Waals surface area contributed by atoms with Crippen LogP contribution >= 0.6 is 0 Å². The van der Waals surface area contributed by atoms with Crippen LogP contribution in [0, 0.1) is 17.8 Å². The van der Waals surface area contributed by atoms with Crippen LogP contribution < -0.4 is 5.32 Å². The van der Waals surface area contributed by atoms with E-state index in [1.807, 2.05) is 26.0 Å². The topological polar surface area (TPSA) is 119 Å². The summed E-state index contributed by atoms with van der Waals surface area (Å²) in [6.45, 7) is 5.16. The molecule has 1 N–H and O–H groups in total. The number of ether oxygens (including phenoxy) is 2. The van der Waals surface area contributed by atoms with E-state index in [-0.39, 0.29) is 30.8 Å². The maximum atomic E-state index is 12.9. The van der Waals surface area contributed by atoms with Crippen LogP contribution in [0.25, 0.3) is 0 Å². The van der Waals surface area contributed by atoms with Crippen LogP contribution in [0.1, 0.15) is 50.4 Å². The standard InChI is InChI=1S/C25H30N2O7/c1-4-33-24(31)16-9-11-17(12-10-16)26-21(28)14-34-25(32)20(13-15(2)3)27-22(29)18-7-5-6-8-19(18)23(27)30/h5-6,9-12,15,18-20H,4,7-8,13-14H2,1-3H3,(H,26,28). The highest BCUT2D eigenvalue weighted by Gasteiger charge is 2.51. The van der Waals surface area contributed by atoms with Gasteiger partial charge in [0.15, 0.2) is 6.61 Å². The van der Waals surface area contributed by atoms with Gasteiger partial charge in [0.1, 0.15) is 6.04 Å². The minimum atomic E-state index is -1.07. The number of likely N-dealkylation sites (tertiary alicyclic amines) is 1. The first-order chi connectivity index (χ1) is 16.2. The van der Waals surface area contributed by atoms with Crippen molar-refractivity contribution in [1.29, 1.82) is 0 Å². The van der Waals surface area contributed by atoms with Gasteiger partial charge in [-0.15, -0.1) is 0 Å². The molecule has 0 saturated carbocycles. The van der Waals surface area contributed by atoms with Crippen molar-refractivity contribution in [1.82, 2.24) is 4.90 Å². The van der Waals surface area contributed by atoms with Crippen molar-refractivity contribution in [2.75, 3.05) is 18.5 Å². The number of hydrogen-bond acceptors (Lipinski definition) is 7. The number of carbonyl (C=O) groups excluding carboxylic acids is 5. The number of nitrogens with one attached hydrogen (secondary N) is 1. The minimum Gasteiger partial charge on any atom is -0.462 e. The SMILES string of the molecule is CCOC(=O)c1ccc(NC(=O)COC(=O)C(CC(C)C)N2C(=O)C3CC=CCC3C2=O)cc1. The van der Waals surface area contributed by atoms with Crippen LogP contribution in [0.5, 0.6) is 0 Å². The van der Waals surface area contributed by atoms with Gasteiger partial charge in [-0.25, -0.2) is 9.59 Å². The van der Waals surface area contributed by atoms with E-state index in [1.54, 1.807) is 6.92 Å². The van der Waals surface area contributed by atoms with E-state index in [1.165, 1.54) is 24.3 Å². The maximum Gasteiger partial charge on any atom is 0.338 e. The second kappa shape index (κ2) is 11.1. The lowest BCUT2D eigenvalue weighted by atomic mass is 9.85. The van der Waals surface area contributed by atoms with Gasteiger partial charge in [0.25, 0.3) is 5.91 Å². The van der Waals surface area contributed by atoms with Gasteiger partial charge in [-0.1, -0.05) is 26.0 Å². The summed E-state index contributed by atoms with van der Waals surface area (Å²) in [5.41, 5.74) is 0.757. The number of nitrogens with zero attached hydrogens (tertiary/aromatic N) is 1. The molecule has 3 unspecified atom stereocenters. The molecule has 0 spiro atoms. The predicted octanol–water partition coefficient (Wildman–Crippen LogP) is 2.71. The van der Waals surface area contributed by atoms with Gasteiger partial charge >= 0.3 is 11.9 Å². The number of benzene rings is 1. The molecule has 9 nitrogen and oxygen atoms in total. The van der Waals surface area contributed by atoms with Gasteiger partial charge < -0.3 is 14.8 Å². The Morgan fingerprint density at radius 2 is 1.59 bits per heavy atom. The number of carbonyl (C=O) groups is 5. The lowest BCUT2D eigenvalue weighted by Gasteiger charge is -2.26. The van der Waals surface area contributed by atoms with Gasteiger partial charge in [0.05, 0.1) is 24.0 Å². The highest BCUT2D eigenvalue weighted by Crippen LogP contribution is 2.37. The molecule has 9 heteroatoms. The fourth-order valence-corrected chi connectivity index (χ4v) is 4.22. The van der Waals surface area contributed by atoms with Gasteiger partial charge in [-0.2, -0.15) is 0 Å². The molecule has 3 amide bonds. The summed E-state index contributed by atoms with van der Waals surface area (Å²) in [7, 11) is 0. The zero-order chi connectivity index (χ0) is 24.8. The lowest BCUT2D eigenvalue weighted by molar-refractivity contribution is -0.160. The Morgan fingerprint density at radius 1 is 1.00 bits per heavy atom. The number of fused-ring (bicyclic) bond motifs is 1. The molecule has 1 aromatic carbocycles. The quantitative estimate of drug-likeness (QED) is 0.335. The van der Waals surface area contributed by atoms with E-state index in [0.29, 0.717) is 24.1 Å². The van der Waals surface area contributed by atoms with Crippen molar-refractivity contribution < 1.29 is 33.4 Å². The van der Waals surface area contributed by atoms with Crippen molar-refractivity contribution in [2.45, 2.75) is 46.1 Å². The molecular weight excluding hydrogens is 440 g/mol. The molecule has 0 aromatic heterocycles. The van der Waals surface area contributed by atoms with Crippen LogP contribution in [0.4, 0.5) is 5.69 Å². The molecule has 1 fully saturated rings. The number of allylic oxidation sites excluding steroid dienone is 2. The summed E-state index contributed by atoms with van der Waals surface area (Å²) in [4.78, 5) is 63.8. The Morgan fingerprint density at radius 3 is 2.12 bits per heavy atom. The van der Waals surface area contributed by atoms with Crippen LogP contribution in [-0.4, -0.2) is 53.8 Å².